The van der Waals surface area contributed by atoms with Crippen LogP contribution in [0.15, 0.2) is 77.6 Å². The number of ether oxygens (including phenoxy) is 1. The first-order chi connectivity index (χ1) is 16.0. The summed E-state index contributed by atoms with van der Waals surface area (Å²) in [6.45, 7) is 2.21. The van der Waals surface area contributed by atoms with Crippen molar-refractivity contribution in [3.05, 3.63) is 94.3 Å². The van der Waals surface area contributed by atoms with Crippen LogP contribution in [0.3, 0.4) is 0 Å². The number of hydrogen-bond acceptors (Lipinski definition) is 6. The maximum absolute atomic E-state index is 12.7. The Morgan fingerprint density at radius 3 is 2.15 bits per heavy atom. The van der Waals surface area contributed by atoms with E-state index in [1.54, 1.807) is 72.8 Å². The molecule has 0 bridgehead atoms. The minimum Gasteiger partial charge on any atom is -0.457 e. The highest BCUT2D eigenvalue weighted by Gasteiger charge is 2.11. The zero-order chi connectivity index (χ0) is 23.4. The minimum atomic E-state index is -0.514. The van der Waals surface area contributed by atoms with Crippen molar-refractivity contribution in [2.75, 3.05) is 5.43 Å². The van der Waals surface area contributed by atoms with Gasteiger partial charge in [-0.3, -0.25) is 29.8 Å². The summed E-state index contributed by atoms with van der Waals surface area (Å²) < 4.78 is 7.16. The summed E-state index contributed by atoms with van der Waals surface area (Å²) in [5.41, 5.74) is 11.7. The number of carbonyl (C=O) groups is 2. The van der Waals surface area contributed by atoms with Gasteiger partial charge in [0, 0.05) is 17.7 Å². The second-order valence-corrected chi connectivity index (χ2v) is 7.10. The van der Waals surface area contributed by atoms with Crippen LogP contribution in [0.4, 0.5) is 5.95 Å². The third-order valence-corrected chi connectivity index (χ3v) is 4.96. The Bertz CT molecular complexity index is 1380. The van der Waals surface area contributed by atoms with Gasteiger partial charge in [0.05, 0.1) is 10.9 Å². The molecule has 0 saturated carbocycles. The number of amides is 2. The third-order valence-electron chi connectivity index (χ3n) is 4.96. The van der Waals surface area contributed by atoms with Gasteiger partial charge in [-0.25, -0.2) is 4.98 Å². The summed E-state index contributed by atoms with van der Waals surface area (Å²) in [7, 11) is 0. The molecule has 0 radical (unpaired) electrons. The summed E-state index contributed by atoms with van der Waals surface area (Å²) in [4.78, 5) is 40.8. The molecule has 0 aliphatic carbocycles. The van der Waals surface area contributed by atoms with Crippen LogP contribution in [0.1, 0.15) is 27.6 Å². The zero-order valence-corrected chi connectivity index (χ0v) is 17.7. The predicted molar refractivity (Wildman–Crippen MR) is 124 cm³/mol. The van der Waals surface area contributed by atoms with Crippen molar-refractivity contribution >= 4 is 28.7 Å². The molecule has 3 aromatic carbocycles. The molecule has 1 aromatic heterocycles. The minimum absolute atomic E-state index is 0.190. The van der Waals surface area contributed by atoms with Gasteiger partial charge in [-0.15, -0.1) is 0 Å². The van der Waals surface area contributed by atoms with Gasteiger partial charge in [0.2, 0.25) is 11.9 Å². The second-order valence-electron chi connectivity index (χ2n) is 7.10. The number of hydrogen-bond donors (Lipinski definition) is 3. The lowest BCUT2D eigenvalue weighted by Crippen LogP contribution is -2.34. The lowest BCUT2D eigenvalue weighted by atomic mass is 10.2. The van der Waals surface area contributed by atoms with Gasteiger partial charge in [0.1, 0.15) is 11.5 Å². The van der Waals surface area contributed by atoms with Crippen LogP contribution < -0.4 is 26.9 Å². The van der Waals surface area contributed by atoms with Gasteiger partial charge < -0.3 is 10.5 Å². The fourth-order valence-corrected chi connectivity index (χ4v) is 3.24. The van der Waals surface area contributed by atoms with Gasteiger partial charge >= 0.3 is 0 Å². The van der Waals surface area contributed by atoms with Crippen molar-refractivity contribution in [3.8, 4) is 11.5 Å². The Labute approximate surface area is 188 Å². The molecule has 4 N–H and O–H groups in total. The first-order valence-electron chi connectivity index (χ1n) is 10.2. The predicted octanol–water partition coefficient (Wildman–Crippen LogP) is 3.06. The SMILES string of the molecule is CCn1c(NNC(=O)c2ccc(Oc3ccc(C(N)=O)cc3)cc2)nc2ccccc2c1=O. The van der Waals surface area contributed by atoms with Crippen LogP contribution in [-0.4, -0.2) is 21.4 Å². The topological polar surface area (TPSA) is 128 Å². The number of para-hydroxylation sites is 1. The second kappa shape index (κ2) is 9.23. The van der Waals surface area contributed by atoms with Crippen molar-refractivity contribution in [2.24, 2.45) is 5.73 Å². The summed E-state index contributed by atoms with van der Waals surface area (Å²) in [6.07, 6.45) is 0. The zero-order valence-electron chi connectivity index (χ0n) is 17.7. The molecule has 9 heteroatoms. The molecule has 9 nitrogen and oxygen atoms in total. The van der Waals surface area contributed by atoms with Crippen LogP contribution in [0, 0.1) is 0 Å². The molecule has 0 unspecified atom stereocenters. The van der Waals surface area contributed by atoms with E-state index in [1.807, 2.05) is 6.92 Å². The van der Waals surface area contributed by atoms with E-state index in [0.29, 0.717) is 40.1 Å². The van der Waals surface area contributed by atoms with Crippen molar-refractivity contribution in [1.82, 2.24) is 15.0 Å². The Morgan fingerprint density at radius 1 is 0.939 bits per heavy atom. The molecule has 1 heterocycles. The first-order valence-corrected chi connectivity index (χ1v) is 10.2. The first kappa shape index (κ1) is 21.6. The Morgan fingerprint density at radius 2 is 1.55 bits per heavy atom. The fraction of sp³-hybridized carbons (Fsp3) is 0.0833. The normalized spacial score (nSPS) is 10.6. The number of primary amides is 1. The monoisotopic (exact) mass is 443 g/mol. The lowest BCUT2D eigenvalue weighted by Gasteiger charge is -2.14. The van der Waals surface area contributed by atoms with Crippen molar-refractivity contribution in [3.63, 3.8) is 0 Å². The van der Waals surface area contributed by atoms with E-state index in [2.05, 4.69) is 15.8 Å². The van der Waals surface area contributed by atoms with Crippen LogP contribution >= 0.6 is 0 Å². The van der Waals surface area contributed by atoms with Crippen molar-refractivity contribution in [1.29, 1.82) is 0 Å². The molecule has 0 atom stereocenters. The highest BCUT2D eigenvalue weighted by atomic mass is 16.5. The largest absolute Gasteiger partial charge is 0.457 e. The van der Waals surface area contributed by atoms with Gasteiger partial charge in [-0.05, 0) is 67.6 Å². The molecule has 2 amide bonds. The van der Waals surface area contributed by atoms with E-state index in [-0.39, 0.29) is 11.5 Å². The number of nitrogens with zero attached hydrogens (tertiary/aromatic N) is 2. The van der Waals surface area contributed by atoms with Crippen molar-refractivity contribution < 1.29 is 14.3 Å². The molecular formula is C24H21N5O4. The molecule has 0 spiro atoms. The maximum Gasteiger partial charge on any atom is 0.269 e. The number of rotatable bonds is 7. The van der Waals surface area contributed by atoms with Gasteiger partial charge in [-0.2, -0.15) is 0 Å². The highest BCUT2D eigenvalue weighted by molar-refractivity contribution is 5.95. The molecule has 166 valence electrons. The summed E-state index contributed by atoms with van der Waals surface area (Å²) >= 11 is 0. The van der Waals surface area contributed by atoms with E-state index >= 15 is 0 Å². The van der Waals surface area contributed by atoms with Gasteiger partial charge in [-0.1, -0.05) is 12.1 Å². The number of nitrogens with two attached hydrogens (primary N) is 1. The Balaban J connectivity index is 1.44. The smallest absolute Gasteiger partial charge is 0.269 e. The van der Waals surface area contributed by atoms with Crippen LogP contribution in [-0.2, 0) is 6.54 Å². The molecule has 33 heavy (non-hydrogen) atoms. The summed E-state index contributed by atoms with van der Waals surface area (Å²) in [5.74, 6) is 0.368. The molecule has 4 aromatic rings. The lowest BCUT2D eigenvalue weighted by molar-refractivity contribution is 0.0960. The van der Waals surface area contributed by atoms with Gasteiger partial charge in [0.25, 0.3) is 11.5 Å². The number of hydrazine groups is 1. The molecule has 0 aliphatic rings. The fourth-order valence-electron chi connectivity index (χ4n) is 3.24. The maximum atomic E-state index is 12.7. The third kappa shape index (κ3) is 4.67. The summed E-state index contributed by atoms with van der Waals surface area (Å²) in [6, 6.07) is 19.9. The quantitative estimate of drug-likeness (QED) is 0.377. The van der Waals surface area contributed by atoms with Crippen LogP contribution in [0.5, 0.6) is 11.5 Å². The van der Waals surface area contributed by atoms with Crippen LogP contribution in [0.2, 0.25) is 0 Å². The van der Waals surface area contributed by atoms with E-state index in [4.69, 9.17) is 10.5 Å². The standard InChI is InChI=1S/C24H21N5O4/c1-2-29-23(32)19-5-3-4-6-20(19)26-24(29)28-27-22(31)16-9-13-18(14-10-16)33-17-11-7-15(8-12-17)21(25)30/h3-14H,2H2,1H3,(H2,25,30)(H,26,28)(H,27,31). The summed E-state index contributed by atoms with van der Waals surface area (Å²) in [5, 5.41) is 0.510. The Hall–Kier alpha value is -4.66. The average Bonchev–Trinajstić information content (AvgIpc) is 2.83. The molecule has 4 rings (SSSR count). The number of fused-ring (bicyclic) bond motifs is 1. The highest BCUT2D eigenvalue weighted by Crippen LogP contribution is 2.22. The Kier molecular flexibility index (Phi) is 6.03. The van der Waals surface area contributed by atoms with Gasteiger partial charge in [0.15, 0.2) is 0 Å². The molecule has 0 aliphatic heterocycles. The van der Waals surface area contributed by atoms with E-state index in [1.165, 1.54) is 4.57 Å². The number of nitrogens with one attached hydrogen (secondary N) is 2. The molecule has 0 saturated heterocycles. The number of benzene rings is 3. The van der Waals surface area contributed by atoms with E-state index < -0.39 is 11.8 Å². The number of carbonyl (C=O) groups excluding carboxylic acids is 2. The number of anilines is 1. The van der Waals surface area contributed by atoms with Crippen LogP contribution in [0.25, 0.3) is 10.9 Å². The number of aromatic nitrogens is 2. The van der Waals surface area contributed by atoms with E-state index in [9.17, 15) is 14.4 Å². The van der Waals surface area contributed by atoms with Crippen molar-refractivity contribution in [2.45, 2.75) is 13.5 Å². The van der Waals surface area contributed by atoms with E-state index in [0.717, 1.165) is 0 Å². The molecular weight excluding hydrogens is 422 g/mol. The average molecular weight is 443 g/mol. The molecule has 0 fully saturated rings.